The van der Waals surface area contributed by atoms with Crippen LogP contribution in [-0.4, -0.2) is 36.8 Å². The number of ether oxygens (including phenoxy) is 1. The average molecular weight is 249 g/mol. The molecule has 0 amide bonds. The van der Waals surface area contributed by atoms with Gasteiger partial charge in [-0.3, -0.25) is 4.98 Å². The average Bonchev–Trinajstić information content (AvgIpc) is 2.38. The number of morpholine rings is 1. The van der Waals surface area contributed by atoms with Crippen LogP contribution in [-0.2, 0) is 11.3 Å². The highest BCUT2D eigenvalue weighted by atomic mass is 16.5. The quantitative estimate of drug-likeness (QED) is 0.824. The minimum absolute atomic E-state index is 0.464. The van der Waals surface area contributed by atoms with Gasteiger partial charge >= 0.3 is 0 Å². The normalized spacial score (nSPS) is 21.8. The van der Waals surface area contributed by atoms with E-state index in [1.54, 1.807) is 0 Å². The zero-order chi connectivity index (χ0) is 12.8. The summed E-state index contributed by atoms with van der Waals surface area (Å²) in [4.78, 5) is 4.49. The van der Waals surface area contributed by atoms with Crippen LogP contribution in [0.25, 0.3) is 0 Å². The van der Waals surface area contributed by atoms with Crippen molar-refractivity contribution in [2.24, 2.45) is 0 Å². The minimum atomic E-state index is 0.464. The molecule has 2 N–H and O–H groups in total. The van der Waals surface area contributed by atoms with Crippen molar-refractivity contribution in [3.63, 3.8) is 0 Å². The highest BCUT2D eigenvalue weighted by Gasteiger charge is 2.15. The topological polar surface area (TPSA) is 46.2 Å². The Labute approximate surface area is 109 Å². The summed E-state index contributed by atoms with van der Waals surface area (Å²) in [7, 11) is 0. The van der Waals surface area contributed by atoms with Crippen molar-refractivity contribution in [2.45, 2.75) is 38.9 Å². The fourth-order valence-electron chi connectivity index (χ4n) is 2.26. The van der Waals surface area contributed by atoms with Gasteiger partial charge in [-0.2, -0.15) is 0 Å². The van der Waals surface area contributed by atoms with E-state index in [9.17, 15) is 0 Å². The molecule has 0 radical (unpaired) electrons. The molecule has 4 nitrogen and oxygen atoms in total. The Morgan fingerprint density at radius 1 is 1.56 bits per heavy atom. The molecule has 100 valence electrons. The summed E-state index contributed by atoms with van der Waals surface area (Å²) in [6.45, 7) is 7.70. The Balaban J connectivity index is 1.72. The van der Waals surface area contributed by atoms with E-state index in [1.165, 1.54) is 0 Å². The summed E-state index contributed by atoms with van der Waals surface area (Å²) >= 11 is 0. The first-order valence-corrected chi connectivity index (χ1v) is 6.71. The number of aromatic nitrogens is 1. The summed E-state index contributed by atoms with van der Waals surface area (Å²) in [6, 6.07) is 7.09. The first kappa shape index (κ1) is 13.5. The van der Waals surface area contributed by atoms with Crippen LogP contribution in [0.4, 0.5) is 0 Å². The fraction of sp³-hybridized carbons (Fsp3) is 0.643. The molecule has 0 spiro atoms. The number of nitrogens with one attached hydrogen (secondary N) is 2. The van der Waals surface area contributed by atoms with Crippen LogP contribution in [0.2, 0.25) is 0 Å². The van der Waals surface area contributed by atoms with E-state index >= 15 is 0 Å². The maximum absolute atomic E-state index is 5.46. The molecule has 2 atom stereocenters. The van der Waals surface area contributed by atoms with Crippen molar-refractivity contribution in [3.8, 4) is 0 Å². The second-order valence-electron chi connectivity index (χ2n) is 5.01. The van der Waals surface area contributed by atoms with Crippen molar-refractivity contribution in [1.82, 2.24) is 15.6 Å². The Morgan fingerprint density at radius 2 is 2.44 bits per heavy atom. The molecule has 0 saturated carbocycles. The highest BCUT2D eigenvalue weighted by Crippen LogP contribution is 2.04. The third-order valence-electron chi connectivity index (χ3n) is 3.21. The van der Waals surface area contributed by atoms with Crippen LogP contribution in [0.3, 0.4) is 0 Å². The van der Waals surface area contributed by atoms with Gasteiger partial charge in [0.25, 0.3) is 0 Å². The molecule has 1 fully saturated rings. The van der Waals surface area contributed by atoms with Gasteiger partial charge in [-0.05, 0) is 32.4 Å². The van der Waals surface area contributed by atoms with E-state index in [-0.39, 0.29) is 0 Å². The van der Waals surface area contributed by atoms with Gasteiger partial charge in [0.15, 0.2) is 0 Å². The van der Waals surface area contributed by atoms with E-state index in [4.69, 9.17) is 4.74 Å². The number of hydrogen-bond donors (Lipinski definition) is 2. The third kappa shape index (κ3) is 4.37. The zero-order valence-corrected chi connectivity index (χ0v) is 11.3. The monoisotopic (exact) mass is 249 g/mol. The molecular formula is C14H23N3O. The molecule has 0 bridgehead atoms. The fourth-order valence-corrected chi connectivity index (χ4v) is 2.26. The van der Waals surface area contributed by atoms with Crippen LogP contribution >= 0.6 is 0 Å². The van der Waals surface area contributed by atoms with E-state index in [0.29, 0.717) is 12.1 Å². The molecule has 2 heterocycles. The minimum Gasteiger partial charge on any atom is -0.379 e. The van der Waals surface area contributed by atoms with Crippen molar-refractivity contribution >= 4 is 0 Å². The van der Waals surface area contributed by atoms with Crippen molar-refractivity contribution < 1.29 is 4.74 Å². The highest BCUT2D eigenvalue weighted by molar-refractivity contribution is 5.09. The lowest BCUT2D eigenvalue weighted by atomic mass is 10.1. The number of aryl methyl sites for hydroxylation is 1. The zero-order valence-electron chi connectivity index (χ0n) is 11.3. The SMILES string of the molecule is Cc1cccc(CNC(C)CC2COCCN2)n1. The van der Waals surface area contributed by atoms with E-state index in [0.717, 1.165) is 44.1 Å². The lowest BCUT2D eigenvalue weighted by Gasteiger charge is -2.26. The molecule has 1 saturated heterocycles. The summed E-state index contributed by atoms with van der Waals surface area (Å²) in [6.07, 6.45) is 1.09. The van der Waals surface area contributed by atoms with Gasteiger partial charge in [-0.25, -0.2) is 0 Å². The van der Waals surface area contributed by atoms with Gasteiger partial charge in [-0.1, -0.05) is 6.07 Å². The Kier molecular flexibility index (Phi) is 5.11. The molecule has 4 heteroatoms. The van der Waals surface area contributed by atoms with E-state index in [1.807, 2.05) is 13.0 Å². The second kappa shape index (κ2) is 6.83. The Hall–Kier alpha value is -0.970. The molecule has 2 rings (SSSR count). The molecule has 1 aliphatic heterocycles. The first-order valence-electron chi connectivity index (χ1n) is 6.71. The Bertz CT molecular complexity index is 364. The van der Waals surface area contributed by atoms with Crippen LogP contribution in [0.5, 0.6) is 0 Å². The van der Waals surface area contributed by atoms with E-state index < -0.39 is 0 Å². The van der Waals surface area contributed by atoms with Crippen LogP contribution < -0.4 is 10.6 Å². The Morgan fingerprint density at radius 3 is 3.17 bits per heavy atom. The van der Waals surface area contributed by atoms with Gasteiger partial charge in [0.1, 0.15) is 0 Å². The smallest absolute Gasteiger partial charge is 0.0620 e. The number of hydrogen-bond acceptors (Lipinski definition) is 4. The maximum Gasteiger partial charge on any atom is 0.0620 e. The molecule has 1 aromatic rings. The molecular weight excluding hydrogens is 226 g/mol. The molecule has 18 heavy (non-hydrogen) atoms. The van der Waals surface area contributed by atoms with Crippen LogP contribution in [0.1, 0.15) is 24.7 Å². The maximum atomic E-state index is 5.46. The first-order chi connectivity index (χ1) is 8.74. The largest absolute Gasteiger partial charge is 0.379 e. The van der Waals surface area contributed by atoms with Crippen molar-refractivity contribution in [1.29, 1.82) is 0 Å². The summed E-state index contributed by atoms with van der Waals surface area (Å²) in [5.41, 5.74) is 2.18. The predicted molar refractivity (Wildman–Crippen MR) is 72.5 cm³/mol. The summed E-state index contributed by atoms with van der Waals surface area (Å²) < 4.78 is 5.46. The molecule has 2 unspecified atom stereocenters. The molecule has 1 aromatic heterocycles. The lowest BCUT2D eigenvalue weighted by Crippen LogP contribution is -2.44. The number of pyridine rings is 1. The van der Waals surface area contributed by atoms with Crippen molar-refractivity contribution in [3.05, 3.63) is 29.6 Å². The van der Waals surface area contributed by atoms with Gasteiger partial charge in [0.2, 0.25) is 0 Å². The predicted octanol–water partition coefficient (Wildman–Crippen LogP) is 1.25. The van der Waals surface area contributed by atoms with E-state index in [2.05, 4.69) is 34.7 Å². The summed E-state index contributed by atoms with van der Waals surface area (Å²) in [5.74, 6) is 0. The van der Waals surface area contributed by atoms with Crippen LogP contribution in [0, 0.1) is 6.92 Å². The second-order valence-corrected chi connectivity index (χ2v) is 5.01. The van der Waals surface area contributed by atoms with Gasteiger partial charge in [0, 0.05) is 30.9 Å². The van der Waals surface area contributed by atoms with Crippen molar-refractivity contribution in [2.75, 3.05) is 19.8 Å². The van der Waals surface area contributed by atoms with Crippen LogP contribution in [0.15, 0.2) is 18.2 Å². The molecule has 0 aliphatic carbocycles. The molecule has 1 aliphatic rings. The van der Waals surface area contributed by atoms with Gasteiger partial charge < -0.3 is 15.4 Å². The molecule has 0 aromatic carbocycles. The third-order valence-corrected chi connectivity index (χ3v) is 3.21. The lowest BCUT2D eigenvalue weighted by molar-refractivity contribution is 0.0712. The van der Waals surface area contributed by atoms with Gasteiger partial charge in [-0.15, -0.1) is 0 Å². The standard InChI is InChI=1S/C14H23N3O/c1-11-4-3-5-13(17-11)9-16-12(2)8-14-10-18-7-6-15-14/h3-5,12,14-16H,6-10H2,1-2H3. The summed E-state index contributed by atoms with van der Waals surface area (Å²) in [5, 5.41) is 6.99. The number of rotatable bonds is 5. The number of nitrogens with zero attached hydrogens (tertiary/aromatic N) is 1. The van der Waals surface area contributed by atoms with Gasteiger partial charge in [0.05, 0.1) is 18.9 Å².